The van der Waals surface area contributed by atoms with Gasteiger partial charge in [0, 0.05) is 6.04 Å². The van der Waals surface area contributed by atoms with Gasteiger partial charge in [-0.3, -0.25) is 0 Å². The van der Waals surface area contributed by atoms with Crippen LogP contribution in [-0.4, -0.2) is 12.6 Å². The van der Waals surface area contributed by atoms with E-state index in [1.807, 2.05) is 6.08 Å². The van der Waals surface area contributed by atoms with Crippen molar-refractivity contribution in [2.75, 3.05) is 6.54 Å². The first kappa shape index (κ1) is 12.7. The molecule has 0 aromatic carbocycles. The summed E-state index contributed by atoms with van der Waals surface area (Å²) in [6, 6.07) is 0.666. The fourth-order valence-corrected chi connectivity index (χ4v) is 1.53. The van der Waals surface area contributed by atoms with Crippen molar-refractivity contribution in [3.8, 4) is 0 Å². The van der Waals surface area contributed by atoms with Crippen LogP contribution in [0.3, 0.4) is 0 Å². The summed E-state index contributed by atoms with van der Waals surface area (Å²) in [4.78, 5) is 0. The lowest BCUT2D eigenvalue weighted by Gasteiger charge is -2.15. The molecule has 0 heterocycles. The molecule has 0 aromatic rings. The molecule has 78 valence electrons. The maximum Gasteiger partial charge on any atom is 0.0101 e. The van der Waals surface area contributed by atoms with Gasteiger partial charge in [-0.15, -0.1) is 6.58 Å². The Bertz CT molecular complexity index is 110. The molecule has 1 heteroatoms. The molecule has 0 amide bonds. The average Bonchev–Trinajstić information content (AvgIpc) is 2.13. The molecule has 1 unspecified atom stereocenters. The molecule has 1 atom stereocenters. The molecule has 1 nitrogen and oxygen atoms in total. The predicted molar refractivity (Wildman–Crippen MR) is 61.0 cm³/mol. The summed E-state index contributed by atoms with van der Waals surface area (Å²) in [6.07, 6.45) is 9.64. The summed E-state index contributed by atoms with van der Waals surface area (Å²) in [5.74, 6) is 0. The third kappa shape index (κ3) is 8.04. The summed E-state index contributed by atoms with van der Waals surface area (Å²) in [5, 5.41) is 3.59. The highest BCUT2D eigenvalue weighted by atomic mass is 14.9. The second kappa shape index (κ2) is 9.79. The van der Waals surface area contributed by atoms with Gasteiger partial charge in [-0.1, -0.05) is 39.2 Å². The minimum atomic E-state index is 0.666. The van der Waals surface area contributed by atoms with Crippen molar-refractivity contribution >= 4 is 0 Å². The molecule has 0 rings (SSSR count). The van der Waals surface area contributed by atoms with E-state index in [0.29, 0.717) is 6.04 Å². The Balaban J connectivity index is 3.38. The van der Waals surface area contributed by atoms with Crippen molar-refractivity contribution in [2.45, 2.75) is 58.4 Å². The Hall–Kier alpha value is -0.300. The van der Waals surface area contributed by atoms with E-state index >= 15 is 0 Å². The van der Waals surface area contributed by atoms with Crippen molar-refractivity contribution < 1.29 is 0 Å². The Kier molecular flexibility index (Phi) is 9.56. The van der Waals surface area contributed by atoms with Gasteiger partial charge in [0.05, 0.1) is 0 Å². The second-order valence-corrected chi connectivity index (χ2v) is 3.67. The van der Waals surface area contributed by atoms with Gasteiger partial charge in [-0.2, -0.15) is 0 Å². The summed E-state index contributed by atoms with van der Waals surface area (Å²) in [5.41, 5.74) is 0. The Morgan fingerprint density at radius 2 is 2.00 bits per heavy atom. The molecule has 0 aliphatic heterocycles. The normalized spacial score (nSPS) is 12.8. The molecule has 0 aliphatic carbocycles. The Labute approximate surface area is 83.6 Å². The molecule has 0 radical (unpaired) electrons. The minimum Gasteiger partial charge on any atom is -0.314 e. The van der Waals surface area contributed by atoms with Crippen molar-refractivity contribution in [3.63, 3.8) is 0 Å². The van der Waals surface area contributed by atoms with Crippen LogP contribution in [0.5, 0.6) is 0 Å². The first-order valence-corrected chi connectivity index (χ1v) is 5.69. The number of hydrogen-bond acceptors (Lipinski definition) is 1. The third-order valence-corrected chi connectivity index (χ3v) is 2.30. The van der Waals surface area contributed by atoms with Crippen LogP contribution in [-0.2, 0) is 0 Å². The molecule has 0 saturated carbocycles. The zero-order valence-electron chi connectivity index (χ0n) is 9.31. The van der Waals surface area contributed by atoms with Crippen LogP contribution in [0.15, 0.2) is 12.7 Å². The van der Waals surface area contributed by atoms with Crippen molar-refractivity contribution in [3.05, 3.63) is 12.7 Å². The van der Waals surface area contributed by atoms with E-state index in [9.17, 15) is 0 Å². The summed E-state index contributed by atoms with van der Waals surface area (Å²) in [6.45, 7) is 9.44. The summed E-state index contributed by atoms with van der Waals surface area (Å²) < 4.78 is 0. The van der Waals surface area contributed by atoms with Crippen LogP contribution in [0.2, 0.25) is 0 Å². The van der Waals surface area contributed by atoms with Gasteiger partial charge >= 0.3 is 0 Å². The monoisotopic (exact) mass is 183 g/mol. The number of unbranched alkanes of at least 4 members (excludes halogenated alkanes) is 2. The van der Waals surface area contributed by atoms with Gasteiger partial charge in [0.25, 0.3) is 0 Å². The maximum atomic E-state index is 3.79. The summed E-state index contributed by atoms with van der Waals surface area (Å²) in [7, 11) is 0. The van der Waals surface area contributed by atoms with E-state index in [4.69, 9.17) is 0 Å². The van der Waals surface area contributed by atoms with Crippen molar-refractivity contribution in [1.29, 1.82) is 0 Å². The quantitative estimate of drug-likeness (QED) is 0.426. The zero-order chi connectivity index (χ0) is 9.94. The van der Waals surface area contributed by atoms with Gasteiger partial charge in [-0.25, -0.2) is 0 Å². The first-order chi connectivity index (χ1) is 6.35. The van der Waals surface area contributed by atoms with Gasteiger partial charge in [0.15, 0.2) is 0 Å². The van der Waals surface area contributed by atoms with E-state index in [1.54, 1.807) is 0 Å². The first-order valence-electron chi connectivity index (χ1n) is 5.69. The predicted octanol–water partition coefficient (Wildman–Crippen LogP) is 3.51. The van der Waals surface area contributed by atoms with E-state index < -0.39 is 0 Å². The van der Waals surface area contributed by atoms with Gasteiger partial charge in [-0.05, 0) is 25.8 Å². The van der Waals surface area contributed by atoms with Gasteiger partial charge < -0.3 is 5.32 Å². The lowest BCUT2D eigenvalue weighted by atomic mass is 10.1. The highest BCUT2D eigenvalue weighted by Gasteiger charge is 2.02. The molecule has 0 fully saturated rings. The highest BCUT2D eigenvalue weighted by Crippen LogP contribution is 2.02. The maximum absolute atomic E-state index is 3.79. The van der Waals surface area contributed by atoms with E-state index in [0.717, 1.165) is 6.42 Å². The second-order valence-electron chi connectivity index (χ2n) is 3.67. The molecular formula is C12H25N. The lowest BCUT2D eigenvalue weighted by molar-refractivity contribution is 0.468. The lowest BCUT2D eigenvalue weighted by Crippen LogP contribution is -2.29. The molecule has 1 N–H and O–H groups in total. The number of nitrogens with one attached hydrogen (secondary N) is 1. The van der Waals surface area contributed by atoms with Crippen molar-refractivity contribution in [2.24, 2.45) is 0 Å². The van der Waals surface area contributed by atoms with Gasteiger partial charge in [0.1, 0.15) is 0 Å². The van der Waals surface area contributed by atoms with Crippen molar-refractivity contribution in [1.82, 2.24) is 5.32 Å². The third-order valence-electron chi connectivity index (χ3n) is 2.30. The Morgan fingerprint density at radius 3 is 2.54 bits per heavy atom. The topological polar surface area (TPSA) is 12.0 Å². The molecular weight excluding hydrogens is 158 g/mol. The van der Waals surface area contributed by atoms with Crippen LogP contribution < -0.4 is 5.32 Å². The summed E-state index contributed by atoms with van der Waals surface area (Å²) >= 11 is 0. The van der Waals surface area contributed by atoms with Crippen LogP contribution in [0, 0.1) is 0 Å². The number of hydrogen-bond donors (Lipinski definition) is 1. The fraction of sp³-hybridized carbons (Fsp3) is 0.833. The molecule has 0 spiro atoms. The van der Waals surface area contributed by atoms with E-state index in [1.165, 1.54) is 38.6 Å². The van der Waals surface area contributed by atoms with Crippen LogP contribution in [0.4, 0.5) is 0 Å². The van der Waals surface area contributed by atoms with E-state index in [2.05, 4.69) is 25.7 Å². The van der Waals surface area contributed by atoms with E-state index in [-0.39, 0.29) is 0 Å². The standard InChI is InChI=1S/C12H25N/c1-4-7-8-11-13-12(9-5-2)10-6-3/h5,12-13H,2,4,6-11H2,1,3H3. The minimum absolute atomic E-state index is 0.666. The molecule has 0 aliphatic rings. The number of rotatable bonds is 9. The smallest absolute Gasteiger partial charge is 0.0101 e. The molecule has 13 heavy (non-hydrogen) atoms. The fourth-order valence-electron chi connectivity index (χ4n) is 1.53. The Morgan fingerprint density at radius 1 is 1.23 bits per heavy atom. The van der Waals surface area contributed by atoms with Gasteiger partial charge in [0.2, 0.25) is 0 Å². The average molecular weight is 183 g/mol. The van der Waals surface area contributed by atoms with Crippen LogP contribution in [0.25, 0.3) is 0 Å². The van der Waals surface area contributed by atoms with Crippen LogP contribution in [0.1, 0.15) is 52.4 Å². The highest BCUT2D eigenvalue weighted by molar-refractivity contribution is 4.77. The molecule has 0 bridgehead atoms. The largest absolute Gasteiger partial charge is 0.314 e. The zero-order valence-corrected chi connectivity index (χ0v) is 9.31. The van der Waals surface area contributed by atoms with Crippen LogP contribution >= 0.6 is 0 Å². The molecule has 0 aromatic heterocycles. The SMILES string of the molecule is C=CCC(CCC)NCCCCC. The molecule has 0 saturated heterocycles.